The van der Waals surface area contributed by atoms with E-state index in [1.807, 2.05) is 20.8 Å². The van der Waals surface area contributed by atoms with Gasteiger partial charge in [-0.25, -0.2) is 14.4 Å². The molecule has 0 aromatic heterocycles. The van der Waals surface area contributed by atoms with Crippen molar-refractivity contribution in [2.24, 2.45) is 75.4 Å². The van der Waals surface area contributed by atoms with Crippen LogP contribution in [0.25, 0.3) is 0 Å². The number of cyclic esters (lactones) is 2. The fraction of sp³-hybridized carbons (Fsp3) is 0.811. The molecular formula is C53H76O22. The molecule has 22 nitrogen and oxygen atoms in total. The molecule has 0 aromatic carbocycles. The summed E-state index contributed by atoms with van der Waals surface area (Å²) >= 11 is 0. The van der Waals surface area contributed by atoms with Gasteiger partial charge in [0, 0.05) is 30.8 Å². The Balaban J connectivity index is 0.000000172. The van der Waals surface area contributed by atoms with Gasteiger partial charge in [-0.2, -0.15) is 0 Å². The number of fused-ring (bicyclic) bond motifs is 11. The maximum Gasteiger partial charge on any atom is 0.344 e. The highest BCUT2D eigenvalue weighted by molar-refractivity contribution is 5.87. The van der Waals surface area contributed by atoms with Gasteiger partial charge < -0.3 is 56.8 Å². The van der Waals surface area contributed by atoms with E-state index in [1.165, 1.54) is 33.5 Å². The Labute approximate surface area is 437 Å². The van der Waals surface area contributed by atoms with Gasteiger partial charge in [-0.15, -0.1) is 0 Å². The third-order valence-electron chi connectivity index (χ3n) is 17.3. The van der Waals surface area contributed by atoms with Gasteiger partial charge in [0.15, 0.2) is 32.0 Å². The summed E-state index contributed by atoms with van der Waals surface area (Å²) < 4.78 is 61.4. The topological polar surface area (TPSA) is 281 Å². The maximum atomic E-state index is 12.2. The highest BCUT2D eigenvalue weighted by Crippen LogP contribution is 2.57. The van der Waals surface area contributed by atoms with Crippen molar-refractivity contribution in [1.29, 1.82) is 0 Å². The summed E-state index contributed by atoms with van der Waals surface area (Å²) in [5.74, 6) is -3.62. The molecule has 5 saturated heterocycles. The summed E-state index contributed by atoms with van der Waals surface area (Å²) in [5.41, 5.74) is -1.87. The zero-order valence-electron chi connectivity index (χ0n) is 45.2. The molecule has 16 unspecified atom stereocenters. The van der Waals surface area contributed by atoms with E-state index in [9.17, 15) is 47.9 Å². The van der Waals surface area contributed by atoms with Gasteiger partial charge in [-0.3, -0.25) is 33.6 Å². The van der Waals surface area contributed by atoms with E-state index < -0.39 is 114 Å². The Bertz CT molecular complexity index is 2180. The minimum absolute atomic E-state index is 0.0226. The number of carbonyl (C=O) groups is 10. The standard InChI is InChI=1S/C18H26O7.C17H22O9.C9H16O4.C9H12O2/c1-5-18(2,3)17(21)24-8-12(19)25-15-9-6-10(14(15)22-4)13-11(9)7-23-16(13)20;1-5-17(2,3)16(21)23-6-7(18)24-12-10-8(14(19)22-4)9-11(25-10)13(12)26-15(9)20;1-5-9(2,3)8(11)13-6-7(10)12-4;10-9-8-6-2-1-5(3-6)7(8)4-11-9/h9-11,13-15H,5-8H2,1-4H3;8-13H,5-6H2,1-4H3;5-6H2,1-4H3;5-8H,1-4H2. The Morgan fingerprint density at radius 1 is 0.507 bits per heavy atom. The molecule has 9 aliphatic rings. The van der Waals surface area contributed by atoms with Crippen molar-refractivity contribution >= 4 is 59.7 Å². The smallest absolute Gasteiger partial charge is 0.344 e. The minimum atomic E-state index is -0.933. The van der Waals surface area contributed by atoms with Gasteiger partial charge >= 0.3 is 59.7 Å². The van der Waals surface area contributed by atoms with Crippen LogP contribution < -0.4 is 0 Å². The monoisotopic (exact) mass is 1060 g/mol. The SMILES string of the molecule is CCC(C)(C)C(=O)OCC(=O)OC.CCC(C)(C)C(=O)OCC(=O)OC1C2CC(C1OC)C1C(=O)OCC21.CCC(C)(C)C(=O)OCC(=O)OC1C2OC(=O)C3C2OC1C3C(=O)OC.O=C1OCC2C3CCC(C3)C12. The zero-order chi connectivity index (χ0) is 55.5. The molecule has 4 aliphatic carbocycles. The van der Waals surface area contributed by atoms with Crippen molar-refractivity contribution in [3.63, 3.8) is 0 Å². The van der Waals surface area contributed by atoms with Crippen molar-refractivity contribution < 1.29 is 105 Å². The van der Waals surface area contributed by atoms with Gasteiger partial charge in [0.05, 0.1) is 61.6 Å². The van der Waals surface area contributed by atoms with E-state index in [0.717, 1.165) is 18.9 Å². The average molecular weight is 1070 g/mol. The molecule has 6 bridgehead atoms. The molecule has 9 rings (SSSR count). The van der Waals surface area contributed by atoms with Crippen LogP contribution in [0.5, 0.6) is 0 Å². The third kappa shape index (κ3) is 12.3. The average Bonchev–Trinajstić information content (AvgIpc) is 4.28. The van der Waals surface area contributed by atoms with Gasteiger partial charge in [-0.05, 0) is 98.3 Å². The molecule has 0 amide bonds. The minimum Gasteiger partial charge on any atom is -0.469 e. The summed E-state index contributed by atoms with van der Waals surface area (Å²) in [4.78, 5) is 117. The van der Waals surface area contributed by atoms with Crippen LogP contribution >= 0.6 is 0 Å². The van der Waals surface area contributed by atoms with E-state index in [1.54, 1.807) is 48.7 Å². The molecule has 0 spiro atoms. The number of hydrogen-bond acceptors (Lipinski definition) is 22. The molecule has 5 heterocycles. The number of hydrogen-bond donors (Lipinski definition) is 0. The number of esters is 10. The first-order valence-electron chi connectivity index (χ1n) is 26.1. The van der Waals surface area contributed by atoms with Crippen LogP contribution in [0.15, 0.2) is 0 Å². The molecule has 0 N–H and O–H groups in total. The molecule has 420 valence electrons. The Morgan fingerprint density at radius 3 is 1.49 bits per heavy atom. The second-order valence-corrected chi connectivity index (χ2v) is 22.7. The van der Waals surface area contributed by atoms with Crippen molar-refractivity contribution in [3.8, 4) is 0 Å². The van der Waals surface area contributed by atoms with Crippen molar-refractivity contribution in [2.75, 3.05) is 54.4 Å². The molecule has 0 radical (unpaired) electrons. The van der Waals surface area contributed by atoms with Crippen LogP contribution in [0.2, 0.25) is 0 Å². The molecule has 4 saturated carbocycles. The summed E-state index contributed by atoms with van der Waals surface area (Å²) in [6, 6.07) is 0. The van der Waals surface area contributed by atoms with Crippen molar-refractivity contribution in [2.45, 2.75) is 144 Å². The zero-order valence-corrected chi connectivity index (χ0v) is 45.2. The van der Waals surface area contributed by atoms with E-state index in [-0.39, 0.29) is 54.3 Å². The maximum absolute atomic E-state index is 12.2. The Hall–Kier alpha value is -5.38. The van der Waals surface area contributed by atoms with E-state index in [0.29, 0.717) is 43.6 Å². The number of carbonyl (C=O) groups excluding carboxylic acids is 10. The molecule has 0 aromatic rings. The molecule has 75 heavy (non-hydrogen) atoms. The van der Waals surface area contributed by atoms with Gasteiger partial charge in [-0.1, -0.05) is 20.8 Å². The quantitative estimate of drug-likeness (QED) is 0.157. The lowest BCUT2D eigenvalue weighted by atomic mass is 9.78. The fourth-order valence-electron chi connectivity index (χ4n) is 11.7. The highest BCUT2D eigenvalue weighted by Gasteiger charge is 2.72. The second-order valence-electron chi connectivity index (χ2n) is 22.7. The fourth-order valence-corrected chi connectivity index (χ4v) is 11.7. The van der Waals surface area contributed by atoms with E-state index >= 15 is 0 Å². The summed E-state index contributed by atoms with van der Waals surface area (Å²) in [7, 11) is 4.02. The molecule has 9 fully saturated rings. The highest BCUT2D eigenvalue weighted by atomic mass is 16.7. The van der Waals surface area contributed by atoms with Crippen molar-refractivity contribution in [1.82, 2.24) is 0 Å². The first-order chi connectivity index (χ1) is 35.3. The van der Waals surface area contributed by atoms with Gasteiger partial charge in [0.2, 0.25) is 0 Å². The van der Waals surface area contributed by atoms with Crippen LogP contribution in [0.4, 0.5) is 0 Å². The van der Waals surface area contributed by atoms with Crippen LogP contribution in [-0.2, 0) is 105 Å². The first kappa shape index (κ1) is 58.9. The normalized spacial score (nSPS) is 33.6. The Kier molecular flexibility index (Phi) is 18.7. The van der Waals surface area contributed by atoms with Gasteiger partial charge in [0.1, 0.15) is 30.1 Å². The van der Waals surface area contributed by atoms with Crippen LogP contribution in [0.3, 0.4) is 0 Å². The predicted molar refractivity (Wildman–Crippen MR) is 254 cm³/mol. The molecule has 22 heteroatoms. The number of methoxy groups -OCH3 is 3. The number of ether oxygens (including phenoxy) is 12. The first-order valence-corrected chi connectivity index (χ1v) is 26.1. The van der Waals surface area contributed by atoms with Crippen LogP contribution in [-0.4, -0.2) is 151 Å². The Morgan fingerprint density at radius 2 is 1.00 bits per heavy atom. The van der Waals surface area contributed by atoms with Crippen molar-refractivity contribution in [3.05, 3.63) is 0 Å². The van der Waals surface area contributed by atoms with Crippen LogP contribution in [0, 0.1) is 75.4 Å². The third-order valence-corrected chi connectivity index (χ3v) is 17.3. The predicted octanol–water partition coefficient (Wildman–Crippen LogP) is 3.67. The molecule has 16 atom stereocenters. The second kappa shape index (κ2) is 23.9. The lowest BCUT2D eigenvalue weighted by molar-refractivity contribution is -0.176. The lowest BCUT2D eigenvalue weighted by Crippen LogP contribution is -2.48. The number of rotatable bonds is 16. The largest absolute Gasteiger partial charge is 0.469 e. The summed E-state index contributed by atoms with van der Waals surface area (Å²) in [6.07, 6.45) is 2.70. The molecular weight excluding hydrogens is 989 g/mol. The molecule has 5 aliphatic heterocycles. The summed E-state index contributed by atoms with van der Waals surface area (Å²) in [6.45, 7) is 16.0. The lowest BCUT2D eigenvalue weighted by Gasteiger charge is -2.34. The van der Waals surface area contributed by atoms with E-state index in [4.69, 9.17) is 52.1 Å². The summed E-state index contributed by atoms with van der Waals surface area (Å²) in [5, 5.41) is 0. The van der Waals surface area contributed by atoms with E-state index in [2.05, 4.69) is 4.74 Å². The van der Waals surface area contributed by atoms with Crippen LogP contribution in [0.1, 0.15) is 107 Å². The van der Waals surface area contributed by atoms with Gasteiger partial charge in [0.25, 0.3) is 0 Å².